The molecular weight excluding hydrogens is 344 g/mol. The van der Waals surface area contributed by atoms with Crippen molar-refractivity contribution >= 4 is 29.3 Å². The number of rotatable bonds is 3. The Morgan fingerprint density at radius 3 is 2.58 bits per heavy atom. The number of hydrogen-bond acceptors (Lipinski definition) is 3. The quantitative estimate of drug-likeness (QED) is 0.838. The van der Waals surface area contributed by atoms with E-state index in [1.807, 2.05) is 64.4 Å². The summed E-state index contributed by atoms with van der Waals surface area (Å²) in [6, 6.07) is 18.0. The number of fused-ring (bicyclic) bond motifs is 2. The predicted octanol–water partition coefficient (Wildman–Crippen LogP) is 3.37. The van der Waals surface area contributed by atoms with Gasteiger partial charge in [0.05, 0.1) is 12.2 Å². The molecule has 2 aromatic rings. The van der Waals surface area contributed by atoms with E-state index in [1.54, 1.807) is 11.8 Å². The molecular formula is C21H20N2O2S. The third kappa shape index (κ3) is 2.23. The highest BCUT2D eigenvalue weighted by Gasteiger charge is 2.60. The van der Waals surface area contributed by atoms with E-state index >= 15 is 0 Å². The largest absolute Gasteiger partial charge is 0.315 e. The molecule has 0 N–H and O–H groups in total. The van der Waals surface area contributed by atoms with Crippen molar-refractivity contribution in [1.29, 1.82) is 0 Å². The molecule has 1 saturated heterocycles. The standard InChI is InChI=1S/C21H20N2O2S/c24-19(16-10-11-16)23-12-13-26-21(23)17-8-4-5-9-18(17)22(20(21)25)14-15-6-2-1-3-7-15/h1-9,16H,10-14H2/t21-/m0/s1. The third-order valence-corrected chi connectivity index (χ3v) is 6.90. The first kappa shape index (κ1) is 15.9. The van der Waals surface area contributed by atoms with Gasteiger partial charge in [-0.15, -0.1) is 11.8 Å². The van der Waals surface area contributed by atoms with Crippen LogP contribution in [0.2, 0.25) is 0 Å². The van der Waals surface area contributed by atoms with Crippen molar-refractivity contribution in [2.24, 2.45) is 5.92 Å². The molecule has 0 aromatic heterocycles. The normalized spacial score (nSPS) is 24.4. The van der Waals surface area contributed by atoms with Crippen LogP contribution in [-0.4, -0.2) is 29.0 Å². The van der Waals surface area contributed by atoms with Gasteiger partial charge in [-0.2, -0.15) is 0 Å². The van der Waals surface area contributed by atoms with Crippen molar-refractivity contribution in [3.8, 4) is 0 Å². The first-order valence-electron chi connectivity index (χ1n) is 9.12. The average molecular weight is 364 g/mol. The number of anilines is 1. The Balaban J connectivity index is 1.58. The summed E-state index contributed by atoms with van der Waals surface area (Å²) in [7, 11) is 0. The molecule has 5 heteroatoms. The molecule has 2 fully saturated rings. The number of benzene rings is 2. The zero-order valence-electron chi connectivity index (χ0n) is 14.4. The third-order valence-electron chi connectivity index (χ3n) is 5.48. The molecule has 2 amide bonds. The second-order valence-electron chi connectivity index (χ2n) is 7.15. The van der Waals surface area contributed by atoms with Crippen LogP contribution >= 0.6 is 11.8 Å². The number of nitrogens with zero attached hydrogens (tertiary/aromatic N) is 2. The van der Waals surface area contributed by atoms with Gasteiger partial charge >= 0.3 is 0 Å². The van der Waals surface area contributed by atoms with Crippen molar-refractivity contribution in [3.05, 3.63) is 65.7 Å². The summed E-state index contributed by atoms with van der Waals surface area (Å²) in [5.41, 5.74) is 3.00. The zero-order chi connectivity index (χ0) is 17.7. The minimum atomic E-state index is -0.870. The first-order valence-corrected chi connectivity index (χ1v) is 10.1. The van der Waals surface area contributed by atoms with E-state index in [9.17, 15) is 9.59 Å². The predicted molar refractivity (Wildman–Crippen MR) is 103 cm³/mol. The molecule has 0 radical (unpaired) electrons. The summed E-state index contributed by atoms with van der Waals surface area (Å²) < 4.78 is 0. The Bertz CT molecular complexity index is 881. The van der Waals surface area contributed by atoms with E-state index in [0.717, 1.165) is 35.4 Å². The highest BCUT2D eigenvalue weighted by atomic mass is 32.2. The molecule has 132 valence electrons. The second kappa shape index (κ2) is 5.88. The maximum Gasteiger partial charge on any atom is 0.268 e. The van der Waals surface area contributed by atoms with Crippen molar-refractivity contribution in [1.82, 2.24) is 4.90 Å². The molecule has 0 bridgehead atoms. The SMILES string of the molecule is O=C(C1CC1)N1CCS[C@@]12C(=O)N(Cc1ccccc1)c1ccccc12. The van der Waals surface area contributed by atoms with Gasteiger partial charge in [0.2, 0.25) is 5.91 Å². The molecule has 2 aliphatic heterocycles. The fourth-order valence-electron chi connectivity index (χ4n) is 4.06. The van der Waals surface area contributed by atoms with Crippen LogP contribution in [0.25, 0.3) is 0 Å². The van der Waals surface area contributed by atoms with Crippen molar-refractivity contribution in [2.45, 2.75) is 24.3 Å². The number of carbonyl (C=O) groups is 2. The number of thioether (sulfide) groups is 1. The minimum Gasteiger partial charge on any atom is -0.315 e. The van der Waals surface area contributed by atoms with E-state index in [2.05, 4.69) is 0 Å². The van der Waals surface area contributed by atoms with E-state index < -0.39 is 4.87 Å². The lowest BCUT2D eigenvalue weighted by atomic mass is 10.1. The monoisotopic (exact) mass is 364 g/mol. The van der Waals surface area contributed by atoms with E-state index in [1.165, 1.54) is 0 Å². The highest BCUT2D eigenvalue weighted by Crippen LogP contribution is 2.55. The van der Waals surface area contributed by atoms with Gasteiger partial charge in [-0.25, -0.2) is 0 Å². The molecule has 3 aliphatic rings. The van der Waals surface area contributed by atoms with Gasteiger partial charge in [-0.05, 0) is 24.5 Å². The van der Waals surface area contributed by atoms with Crippen LogP contribution in [0, 0.1) is 5.92 Å². The molecule has 26 heavy (non-hydrogen) atoms. The van der Waals surface area contributed by atoms with Crippen molar-refractivity contribution < 1.29 is 9.59 Å². The van der Waals surface area contributed by atoms with Crippen LogP contribution < -0.4 is 4.90 Å². The van der Waals surface area contributed by atoms with Crippen LogP contribution in [0.15, 0.2) is 54.6 Å². The molecule has 2 heterocycles. The van der Waals surface area contributed by atoms with E-state index in [4.69, 9.17) is 0 Å². The minimum absolute atomic E-state index is 0.0269. The first-order chi connectivity index (χ1) is 12.7. The molecule has 1 atom stereocenters. The van der Waals surface area contributed by atoms with Crippen molar-refractivity contribution in [3.63, 3.8) is 0 Å². The topological polar surface area (TPSA) is 40.6 Å². The van der Waals surface area contributed by atoms with Gasteiger partial charge in [0.25, 0.3) is 5.91 Å². The van der Waals surface area contributed by atoms with Gasteiger partial charge < -0.3 is 9.80 Å². The Morgan fingerprint density at radius 2 is 1.81 bits per heavy atom. The van der Waals surface area contributed by atoms with E-state index in [-0.39, 0.29) is 17.7 Å². The summed E-state index contributed by atoms with van der Waals surface area (Å²) in [6.07, 6.45) is 1.92. The molecule has 1 aliphatic carbocycles. The Labute approximate surface area is 157 Å². The van der Waals surface area contributed by atoms with E-state index in [0.29, 0.717) is 13.1 Å². The number of para-hydroxylation sites is 1. The summed E-state index contributed by atoms with van der Waals surface area (Å²) >= 11 is 1.61. The Hall–Kier alpha value is -2.27. The van der Waals surface area contributed by atoms with Crippen LogP contribution in [0.4, 0.5) is 5.69 Å². The zero-order valence-corrected chi connectivity index (χ0v) is 15.2. The number of amides is 2. The molecule has 1 spiro atoms. The number of carbonyl (C=O) groups excluding carboxylic acids is 2. The van der Waals surface area contributed by atoms with Crippen LogP contribution in [0.3, 0.4) is 0 Å². The van der Waals surface area contributed by atoms with Crippen LogP contribution in [-0.2, 0) is 21.0 Å². The fourth-order valence-corrected chi connectivity index (χ4v) is 5.53. The van der Waals surface area contributed by atoms with Gasteiger partial charge in [0.1, 0.15) is 0 Å². The summed E-state index contributed by atoms with van der Waals surface area (Å²) in [6.45, 7) is 1.18. The number of hydrogen-bond donors (Lipinski definition) is 0. The van der Waals surface area contributed by atoms with Crippen molar-refractivity contribution in [2.75, 3.05) is 17.2 Å². The fraction of sp³-hybridized carbons (Fsp3) is 0.333. The summed E-state index contributed by atoms with van der Waals surface area (Å²) in [4.78, 5) is 29.4. The molecule has 0 unspecified atom stereocenters. The Kier molecular flexibility index (Phi) is 3.60. The van der Waals surface area contributed by atoms with Gasteiger partial charge in [0, 0.05) is 23.8 Å². The van der Waals surface area contributed by atoms with Gasteiger partial charge in [0.15, 0.2) is 4.87 Å². The molecule has 2 aromatic carbocycles. The lowest BCUT2D eigenvalue weighted by molar-refractivity contribution is -0.141. The molecule has 5 rings (SSSR count). The summed E-state index contributed by atoms with van der Waals surface area (Å²) in [5, 5.41) is 0. The maximum atomic E-state index is 13.7. The maximum absolute atomic E-state index is 13.7. The van der Waals surface area contributed by atoms with Gasteiger partial charge in [-0.3, -0.25) is 9.59 Å². The van der Waals surface area contributed by atoms with Crippen LogP contribution in [0.5, 0.6) is 0 Å². The lowest BCUT2D eigenvalue weighted by Gasteiger charge is -2.33. The molecule has 1 saturated carbocycles. The smallest absolute Gasteiger partial charge is 0.268 e. The lowest BCUT2D eigenvalue weighted by Crippen LogP contribution is -2.50. The Morgan fingerprint density at radius 1 is 1.08 bits per heavy atom. The highest BCUT2D eigenvalue weighted by molar-refractivity contribution is 8.01. The van der Waals surface area contributed by atoms with Gasteiger partial charge in [-0.1, -0.05) is 48.5 Å². The second-order valence-corrected chi connectivity index (χ2v) is 8.44. The molecule has 4 nitrogen and oxygen atoms in total. The van der Waals surface area contributed by atoms with Crippen LogP contribution in [0.1, 0.15) is 24.0 Å². The average Bonchev–Trinajstić information content (AvgIpc) is 3.40. The summed E-state index contributed by atoms with van der Waals surface area (Å²) in [5.74, 6) is 1.10.